The Hall–Kier alpha value is -0.830. The highest BCUT2D eigenvalue weighted by Gasteiger charge is 2.03. The van der Waals surface area contributed by atoms with Crippen molar-refractivity contribution in [3.05, 3.63) is 46.3 Å². The Morgan fingerprint density at radius 2 is 1.86 bits per heavy atom. The van der Waals surface area contributed by atoms with Gasteiger partial charge in [0.15, 0.2) is 0 Å². The molecule has 14 heavy (non-hydrogen) atoms. The van der Waals surface area contributed by atoms with Gasteiger partial charge in [-0.25, -0.2) is 0 Å². The Kier molecular flexibility index (Phi) is 2.87. The van der Waals surface area contributed by atoms with Gasteiger partial charge < -0.3 is 5.73 Å². The number of hydrogen-bond donors (Lipinski definition) is 1. The van der Waals surface area contributed by atoms with Gasteiger partial charge in [0.25, 0.3) is 0 Å². The van der Waals surface area contributed by atoms with Crippen molar-refractivity contribution in [2.75, 3.05) is 0 Å². The van der Waals surface area contributed by atoms with Crippen LogP contribution in [0.2, 0.25) is 5.02 Å². The fraction of sp³-hybridized carbons (Fsp3) is 0.0909. The highest BCUT2D eigenvalue weighted by atomic mass is 35.5. The van der Waals surface area contributed by atoms with Crippen molar-refractivity contribution in [1.82, 2.24) is 0 Å². The molecule has 0 spiro atoms. The average molecular weight is 224 g/mol. The van der Waals surface area contributed by atoms with E-state index in [4.69, 9.17) is 17.3 Å². The summed E-state index contributed by atoms with van der Waals surface area (Å²) in [6.07, 6.45) is 0. The third-order valence-electron chi connectivity index (χ3n) is 2.07. The number of halogens is 1. The number of rotatable bonds is 2. The molecule has 0 unspecified atom stereocenters. The van der Waals surface area contributed by atoms with Crippen LogP contribution in [-0.2, 0) is 6.54 Å². The van der Waals surface area contributed by atoms with Crippen molar-refractivity contribution >= 4 is 22.9 Å². The van der Waals surface area contributed by atoms with Gasteiger partial charge >= 0.3 is 0 Å². The van der Waals surface area contributed by atoms with Gasteiger partial charge in [-0.1, -0.05) is 35.9 Å². The predicted molar refractivity (Wildman–Crippen MR) is 62.7 cm³/mol. The van der Waals surface area contributed by atoms with Crippen LogP contribution < -0.4 is 5.73 Å². The zero-order chi connectivity index (χ0) is 9.97. The highest BCUT2D eigenvalue weighted by Crippen LogP contribution is 2.32. The first-order valence-electron chi connectivity index (χ1n) is 4.33. The lowest BCUT2D eigenvalue weighted by atomic mass is 10.1. The maximum atomic E-state index is 6.03. The van der Waals surface area contributed by atoms with Crippen molar-refractivity contribution in [3.8, 4) is 10.4 Å². The fourth-order valence-electron chi connectivity index (χ4n) is 1.29. The summed E-state index contributed by atoms with van der Waals surface area (Å²) in [6.45, 7) is 0.582. The van der Waals surface area contributed by atoms with Gasteiger partial charge in [-0.3, -0.25) is 0 Å². The van der Waals surface area contributed by atoms with Crippen LogP contribution in [0.15, 0.2) is 35.7 Å². The van der Waals surface area contributed by atoms with Gasteiger partial charge in [0.2, 0.25) is 0 Å². The molecule has 2 N–H and O–H groups in total. The van der Waals surface area contributed by atoms with Crippen LogP contribution in [0.4, 0.5) is 0 Å². The fourth-order valence-corrected chi connectivity index (χ4v) is 2.47. The van der Waals surface area contributed by atoms with Crippen LogP contribution >= 0.6 is 22.9 Å². The van der Waals surface area contributed by atoms with E-state index in [0.717, 1.165) is 21.0 Å². The van der Waals surface area contributed by atoms with Gasteiger partial charge in [-0.05, 0) is 22.6 Å². The molecular weight excluding hydrogens is 214 g/mol. The van der Waals surface area contributed by atoms with E-state index in [0.29, 0.717) is 6.54 Å². The summed E-state index contributed by atoms with van der Waals surface area (Å²) >= 11 is 7.69. The highest BCUT2D eigenvalue weighted by molar-refractivity contribution is 7.14. The molecule has 0 amide bonds. The Morgan fingerprint density at radius 1 is 1.14 bits per heavy atom. The van der Waals surface area contributed by atoms with Gasteiger partial charge in [-0.2, -0.15) is 0 Å². The molecule has 1 heterocycles. The Morgan fingerprint density at radius 3 is 2.36 bits per heavy atom. The molecule has 0 fully saturated rings. The lowest BCUT2D eigenvalue weighted by Crippen LogP contribution is -1.94. The molecule has 0 atom stereocenters. The van der Waals surface area contributed by atoms with Gasteiger partial charge in [0.1, 0.15) is 0 Å². The summed E-state index contributed by atoms with van der Waals surface area (Å²) < 4.78 is 0. The molecule has 2 rings (SSSR count). The molecule has 0 saturated carbocycles. The van der Waals surface area contributed by atoms with Crippen molar-refractivity contribution in [2.24, 2.45) is 5.73 Å². The van der Waals surface area contributed by atoms with Crippen LogP contribution in [0.25, 0.3) is 10.4 Å². The standard InChI is InChI=1S/C11H10ClNS/c12-10-5-6-14-11(10)9-3-1-8(7-13)2-4-9/h1-6H,7,13H2. The monoisotopic (exact) mass is 223 g/mol. The third kappa shape index (κ3) is 1.82. The van der Waals surface area contributed by atoms with Crippen LogP contribution in [0.5, 0.6) is 0 Å². The summed E-state index contributed by atoms with van der Waals surface area (Å²) in [4.78, 5) is 1.12. The topological polar surface area (TPSA) is 26.0 Å². The maximum absolute atomic E-state index is 6.03. The molecule has 1 nitrogen and oxygen atoms in total. The van der Waals surface area contributed by atoms with Gasteiger partial charge in [-0.15, -0.1) is 11.3 Å². The lowest BCUT2D eigenvalue weighted by molar-refractivity contribution is 1.07. The normalized spacial score (nSPS) is 10.4. The zero-order valence-electron chi connectivity index (χ0n) is 7.53. The largest absolute Gasteiger partial charge is 0.326 e. The zero-order valence-corrected chi connectivity index (χ0v) is 9.11. The second-order valence-corrected chi connectivity index (χ2v) is 4.32. The molecule has 0 bridgehead atoms. The van der Waals surface area contributed by atoms with E-state index in [1.807, 2.05) is 23.6 Å². The SMILES string of the molecule is NCc1ccc(-c2sccc2Cl)cc1. The first-order chi connectivity index (χ1) is 6.81. The first-order valence-corrected chi connectivity index (χ1v) is 5.59. The van der Waals surface area contributed by atoms with Gasteiger partial charge in [0, 0.05) is 6.54 Å². The summed E-state index contributed by atoms with van der Waals surface area (Å²) in [7, 11) is 0. The molecule has 0 aliphatic rings. The van der Waals surface area contributed by atoms with E-state index >= 15 is 0 Å². The third-order valence-corrected chi connectivity index (χ3v) is 3.46. The molecule has 2 aromatic rings. The summed E-state index contributed by atoms with van der Waals surface area (Å²) in [5.74, 6) is 0. The molecule has 0 aliphatic carbocycles. The van der Waals surface area contributed by atoms with Crippen molar-refractivity contribution in [3.63, 3.8) is 0 Å². The van der Waals surface area contributed by atoms with Crippen LogP contribution in [0.1, 0.15) is 5.56 Å². The molecule has 72 valence electrons. The van der Waals surface area contributed by atoms with Crippen LogP contribution in [0.3, 0.4) is 0 Å². The number of nitrogens with two attached hydrogens (primary N) is 1. The van der Waals surface area contributed by atoms with E-state index in [9.17, 15) is 0 Å². The number of thiophene rings is 1. The Bertz CT molecular complexity index is 419. The minimum atomic E-state index is 0.582. The van der Waals surface area contributed by atoms with Crippen molar-refractivity contribution in [1.29, 1.82) is 0 Å². The molecule has 0 saturated heterocycles. The lowest BCUT2D eigenvalue weighted by Gasteiger charge is -2.00. The van der Waals surface area contributed by atoms with Gasteiger partial charge in [0.05, 0.1) is 9.90 Å². The molecule has 1 aromatic carbocycles. The first kappa shape index (κ1) is 9.71. The summed E-state index contributed by atoms with van der Waals surface area (Å²) in [6, 6.07) is 10.1. The number of benzene rings is 1. The smallest absolute Gasteiger partial charge is 0.0592 e. The minimum Gasteiger partial charge on any atom is -0.326 e. The predicted octanol–water partition coefficient (Wildman–Crippen LogP) is 3.53. The van der Waals surface area contributed by atoms with E-state index in [2.05, 4.69) is 12.1 Å². The van der Waals surface area contributed by atoms with Crippen LogP contribution in [-0.4, -0.2) is 0 Å². The van der Waals surface area contributed by atoms with Crippen molar-refractivity contribution in [2.45, 2.75) is 6.54 Å². The molecule has 0 aliphatic heterocycles. The second-order valence-electron chi connectivity index (χ2n) is 3.00. The molecule has 0 radical (unpaired) electrons. The Labute approximate surface area is 92.1 Å². The van der Waals surface area contributed by atoms with E-state index < -0.39 is 0 Å². The van der Waals surface area contributed by atoms with E-state index in [1.54, 1.807) is 11.3 Å². The Balaban J connectivity index is 2.39. The summed E-state index contributed by atoms with van der Waals surface area (Å²) in [5.41, 5.74) is 7.82. The van der Waals surface area contributed by atoms with Crippen molar-refractivity contribution < 1.29 is 0 Å². The minimum absolute atomic E-state index is 0.582. The van der Waals surface area contributed by atoms with E-state index in [1.165, 1.54) is 0 Å². The van der Waals surface area contributed by atoms with Crippen LogP contribution in [0, 0.1) is 0 Å². The molecule has 1 aromatic heterocycles. The molecular formula is C11H10ClNS. The molecule has 3 heteroatoms. The quantitative estimate of drug-likeness (QED) is 0.828. The number of hydrogen-bond acceptors (Lipinski definition) is 2. The second kappa shape index (κ2) is 4.13. The maximum Gasteiger partial charge on any atom is 0.0592 e. The summed E-state index contributed by atoms with van der Waals surface area (Å²) in [5, 5.41) is 2.81. The van der Waals surface area contributed by atoms with E-state index in [-0.39, 0.29) is 0 Å². The average Bonchev–Trinajstić information content (AvgIpc) is 2.65.